The number of nitrogen functional groups attached to an aromatic ring is 1. The molecule has 1 aliphatic heterocycles. The number of anilines is 4. The van der Waals surface area contributed by atoms with Gasteiger partial charge < -0.3 is 25.0 Å². The Bertz CT molecular complexity index is 1090. The maximum atomic E-state index is 12.5. The van der Waals surface area contributed by atoms with Crippen molar-refractivity contribution in [3.05, 3.63) is 41.4 Å². The topological polar surface area (TPSA) is 94.6 Å². The molecule has 0 spiro atoms. The highest BCUT2D eigenvalue weighted by Crippen LogP contribution is 2.39. The fraction of sp³-hybridized carbons (Fsp3) is 0.381. The van der Waals surface area contributed by atoms with Crippen LogP contribution in [0.2, 0.25) is 0 Å². The molecule has 3 aromatic heterocycles. The van der Waals surface area contributed by atoms with Crippen molar-refractivity contribution in [1.29, 1.82) is 0 Å². The summed E-state index contributed by atoms with van der Waals surface area (Å²) in [5, 5.41) is 4.34. The van der Waals surface area contributed by atoms with Gasteiger partial charge in [0.1, 0.15) is 17.1 Å². The molecule has 4 rings (SSSR count). The van der Waals surface area contributed by atoms with E-state index in [2.05, 4.69) is 45.5 Å². The molecule has 1 saturated heterocycles. The molecule has 4 heterocycles. The van der Waals surface area contributed by atoms with Crippen LogP contribution in [0.25, 0.3) is 0 Å². The smallest absolute Gasteiger partial charge is 0.388 e. The zero-order chi connectivity index (χ0) is 23.5. The quantitative estimate of drug-likeness (QED) is 0.497. The molecule has 33 heavy (non-hydrogen) atoms. The van der Waals surface area contributed by atoms with Crippen molar-refractivity contribution in [2.24, 2.45) is 7.05 Å². The van der Waals surface area contributed by atoms with E-state index in [0.29, 0.717) is 16.0 Å². The van der Waals surface area contributed by atoms with Crippen LogP contribution in [0.3, 0.4) is 0 Å². The minimum absolute atomic E-state index is 0.0842. The minimum atomic E-state index is -2.93. The van der Waals surface area contributed by atoms with Crippen LogP contribution in [-0.4, -0.2) is 52.6 Å². The molecule has 0 saturated carbocycles. The van der Waals surface area contributed by atoms with Crippen molar-refractivity contribution in [3.63, 3.8) is 0 Å². The van der Waals surface area contributed by atoms with Crippen molar-refractivity contribution in [2.45, 2.75) is 25.5 Å². The van der Waals surface area contributed by atoms with Gasteiger partial charge in [-0.3, -0.25) is 4.98 Å². The molecule has 0 bridgehead atoms. The normalized spacial score (nSPS) is 14.5. The van der Waals surface area contributed by atoms with Gasteiger partial charge in [0, 0.05) is 44.5 Å². The van der Waals surface area contributed by atoms with Gasteiger partial charge >= 0.3 is 6.61 Å². The van der Waals surface area contributed by atoms with Crippen LogP contribution in [0.1, 0.15) is 12.8 Å². The van der Waals surface area contributed by atoms with Crippen LogP contribution in [0.15, 0.2) is 41.4 Å². The van der Waals surface area contributed by atoms with Gasteiger partial charge in [-0.2, -0.15) is 13.9 Å². The number of ether oxygens (including phenoxy) is 2. The highest BCUT2D eigenvalue weighted by atomic mass is 79.9. The first kappa shape index (κ1) is 23.0. The van der Waals surface area contributed by atoms with E-state index in [-0.39, 0.29) is 11.9 Å². The third-order valence-electron chi connectivity index (χ3n) is 5.59. The molecule has 0 atom stereocenters. The summed E-state index contributed by atoms with van der Waals surface area (Å²) < 4.78 is 37.5. The van der Waals surface area contributed by atoms with Crippen molar-refractivity contribution >= 4 is 38.8 Å². The predicted octanol–water partition coefficient (Wildman–Crippen LogP) is 3.97. The number of nitrogens with zero attached hydrogens (tertiary/aromatic N) is 6. The number of hydrogen-bond donors (Lipinski definition) is 1. The van der Waals surface area contributed by atoms with Crippen LogP contribution in [0.4, 0.5) is 31.7 Å². The largest absolute Gasteiger partial charge is 0.494 e. The molecular formula is C21H24BrF2N7O2. The van der Waals surface area contributed by atoms with Crippen molar-refractivity contribution in [2.75, 3.05) is 35.7 Å². The molecule has 2 N–H and O–H groups in total. The van der Waals surface area contributed by atoms with Crippen LogP contribution in [0.5, 0.6) is 11.6 Å². The average Bonchev–Trinajstić information content (AvgIpc) is 3.06. The third kappa shape index (κ3) is 4.80. The van der Waals surface area contributed by atoms with Crippen molar-refractivity contribution in [3.8, 4) is 11.6 Å². The number of pyridine rings is 2. The number of rotatable bonds is 7. The zero-order valence-electron chi connectivity index (χ0n) is 18.2. The van der Waals surface area contributed by atoms with Crippen LogP contribution < -0.4 is 25.0 Å². The second-order valence-corrected chi connectivity index (χ2v) is 8.27. The van der Waals surface area contributed by atoms with Gasteiger partial charge in [0.15, 0.2) is 10.4 Å². The van der Waals surface area contributed by atoms with Gasteiger partial charge in [0.2, 0.25) is 5.88 Å². The van der Waals surface area contributed by atoms with E-state index in [1.165, 1.54) is 12.3 Å². The first-order chi connectivity index (χ1) is 15.9. The summed E-state index contributed by atoms with van der Waals surface area (Å²) in [7, 11) is 3.46. The molecule has 0 unspecified atom stereocenters. The summed E-state index contributed by atoms with van der Waals surface area (Å²) in [6.07, 6.45) is 6.51. The predicted molar refractivity (Wildman–Crippen MR) is 124 cm³/mol. The molecular weight excluding hydrogens is 500 g/mol. The lowest BCUT2D eigenvalue weighted by Crippen LogP contribution is -2.44. The van der Waals surface area contributed by atoms with Gasteiger partial charge in [0.25, 0.3) is 0 Å². The maximum absolute atomic E-state index is 12.5. The Hall–Kier alpha value is -3.15. The van der Waals surface area contributed by atoms with E-state index in [1.54, 1.807) is 36.3 Å². The Morgan fingerprint density at radius 2 is 1.97 bits per heavy atom. The molecule has 1 fully saturated rings. The van der Waals surface area contributed by atoms with Crippen LogP contribution in [0, 0.1) is 0 Å². The Labute approximate surface area is 198 Å². The monoisotopic (exact) mass is 523 g/mol. The van der Waals surface area contributed by atoms with E-state index in [0.717, 1.165) is 43.1 Å². The molecule has 0 amide bonds. The lowest BCUT2D eigenvalue weighted by atomic mass is 10.0. The lowest BCUT2D eigenvalue weighted by Gasteiger charge is -2.40. The summed E-state index contributed by atoms with van der Waals surface area (Å²) in [5.74, 6) is 1.39. The van der Waals surface area contributed by atoms with E-state index >= 15 is 0 Å². The summed E-state index contributed by atoms with van der Waals surface area (Å²) in [4.78, 5) is 12.6. The third-order valence-corrected chi connectivity index (χ3v) is 6.17. The fourth-order valence-corrected chi connectivity index (χ4v) is 4.58. The molecule has 0 radical (unpaired) electrons. The Morgan fingerprint density at radius 3 is 2.55 bits per heavy atom. The SMILES string of the molecule is COc1ccncc1N(c1ccc(OC(F)F)nc1)C1CCN(c2c(N)c(Br)nn2C)CC1. The number of halogens is 3. The van der Waals surface area contributed by atoms with E-state index < -0.39 is 6.61 Å². The fourth-order valence-electron chi connectivity index (χ4n) is 4.16. The number of piperidine rings is 1. The lowest BCUT2D eigenvalue weighted by molar-refractivity contribution is -0.0528. The average molecular weight is 524 g/mol. The van der Waals surface area contributed by atoms with Gasteiger partial charge in [-0.25, -0.2) is 9.67 Å². The number of methoxy groups -OCH3 is 1. The Balaban J connectivity index is 1.62. The van der Waals surface area contributed by atoms with E-state index in [4.69, 9.17) is 10.5 Å². The molecule has 1 aliphatic rings. The number of nitrogens with two attached hydrogens (primary N) is 1. The molecule has 9 nitrogen and oxygen atoms in total. The second kappa shape index (κ2) is 9.77. The molecule has 0 aromatic carbocycles. The standard InChI is InChI=1S/C21H24BrF2N7O2/c1-29-20(18(25)19(22)28-29)30-9-6-13(7-10-30)31(15-12-26-8-5-16(15)32-2)14-3-4-17(27-11-14)33-21(23)24/h3-5,8,11-13,21H,6-7,9-10,25H2,1-2H3. The summed E-state index contributed by atoms with van der Waals surface area (Å²) >= 11 is 3.39. The second-order valence-electron chi connectivity index (χ2n) is 7.52. The molecule has 12 heteroatoms. The minimum Gasteiger partial charge on any atom is -0.494 e. The number of aromatic nitrogens is 4. The van der Waals surface area contributed by atoms with Gasteiger partial charge in [-0.1, -0.05) is 0 Å². The molecule has 0 aliphatic carbocycles. The summed E-state index contributed by atoms with van der Waals surface area (Å²) in [6.45, 7) is -1.43. The van der Waals surface area contributed by atoms with Gasteiger partial charge in [-0.15, -0.1) is 0 Å². The molecule has 176 valence electrons. The van der Waals surface area contributed by atoms with Gasteiger partial charge in [0.05, 0.1) is 25.2 Å². The summed E-state index contributed by atoms with van der Waals surface area (Å²) in [5.41, 5.74) is 8.32. The van der Waals surface area contributed by atoms with Crippen LogP contribution >= 0.6 is 15.9 Å². The highest BCUT2D eigenvalue weighted by Gasteiger charge is 2.30. The highest BCUT2D eigenvalue weighted by molar-refractivity contribution is 9.10. The summed E-state index contributed by atoms with van der Waals surface area (Å²) in [6, 6.07) is 5.01. The number of alkyl halides is 2. The zero-order valence-corrected chi connectivity index (χ0v) is 19.7. The first-order valence-corrected chi connectivity index (χ1v) is 11.1. The Morgan fingerprint density at radius 1 is 1.21 bits per heavy atom. The number of aryl methyl sites for hydroxylation is 1. The first-order valence-electron chi connectivity index (χ1n) is 10.3. The Kier molecular flexibility index (Phi) is 6.82. The van der Waals surface area contributed by atoms with E-state index in [9.17, 15) is 8.78 Å². The van der Waals surface area contributed by atoms with E-state index in [1.807, 2.05) is 7.05 Å². The van der Waals surface area contributed by atoms with Crippen molar-refractivity contribution < 1.29 is 18.3 Å². The molecule has 3 aromatic rings. The van der Waals surface area contributed by atoms with Gasteiger partial charge in [-0.05, 0) is 34.8 Å². The maximum Gasteiger partial charge on any atom is 0.388 e. The van der Waals surface area contributed by atoms with Crippen molar-refractivity contribution in [1.82, 2.24) is 19.7 Å². The van der Waals surface area contributed by atoms with Crippen LogP contribution in [-0.2, 0) is 7.05 Å². The number of hydrogen-bond acceptors (Lipinski definition) is 8.